The first-order valence-electron chi connectivity index (χ1n) is 14.4. The summed E-state index contributed by atoms with van der Waals surface area (Å²) in [4.78, 5) is 4.85. The highest BCUT2D eigenvalue weighted by Crippen LogP contribution is 2.31. The zero-order valence-corrected chi connectivity index (χ0v) is 24.3. The van der Waals surface area contributed by atoms with E-state index in [1.54, 1.807) is 0 Å². The molecule has 232 valence electrons. The van der Waals surface area contributed by atoms with E-state index in [9.17, 15) is 26.3 Å². The van der Waals surface area contributed by atoms with Crippen LogP contribution in [-0.2, 0) is 12.4 Å². The second-order valence-electron chi connectivity index (χ2n) is 10.8. The van der Waals surface area contributed by atoms with Crippen LogP contribution in [0.4, 0.5) is 26.3 Å². The molecule has 0 spiro atoms. The van der Waals surface area contributed by atoms with E-state index in [-0.39, 0.29) is 5.75 Å². The van der Waals surface area contributed by atoms with Crippen LogP contribution in [0.1, 0.15) is 75.8 Å². The van der Waals surface area contributed by atoms with Crippen molar-refractivity contribution in [2.45, 2.75) is 89.1 Å². The summed E-state index contributed by atoms with van der Waals surface area (Å²) < 4.78 is 78.3. The summed E-state index contributed by atoms with van der Waals surface area (Å²) >= 11 is 0. The minimum Gasteiger partial charge on any atom is -0.508 e. The van der Waals surface area contributed by atoms with Crippen LogP contribution in [0, 0.1) is 0 Å². The Bertz CT molecular complexity index is 978. The maximum atomic E-state index is 12.4. The first kappa shape index (κ1) is 34.7. The maximum absolute atomic E-state index is 12.4. The molecule has 4 rings (SSSR count). The van der Waals surface area contributed by atoms with E-state index >= 15 is 0 Å². The van der Waals surface area contributed by atoms with Crippen molar-refractivity contribution in [2.75, 3.05) is 33.8 Å². The van der Waals surface area contributed by atoms with Crippen molar-refractivity contribution >= 4 is 0 Å². The van der Waals surface area contributed by atoms with Gasteiger partial charge in [-0.05, 0) is 114 Å². The summed E-state index contributed by atoms with van der Waals surface area (Å²) in [6.45, 7) is 5.26. The van der Waals surface area contributed by atoms with Crippen LogP contribution in [-0.4, -0.2) is 60.8 Å². The molecule has 2 aliphatic heterocycles. The van der Waals surface area contributed by atoms with E-state index in [2.05, 4.69) is 30.8 Å². The number of nitrogens with zero attached hydrogens (tertiary/aromatic N) is 2. The van der Waals surface area contributed by atoms with Gasteiger partial charge in [-0.1, -0.05) is 26.2 Å². The summed E-state index contributed by atoms with van der Waals surface area (Å²) in [5.74, 6) is 0.328. The highest BCUT2D eigenvalue weighted by atomic mass is 19.4. The van der Waals surface area contributed by atoms with E-state index in [0.717, 1.165) is 55.4 Å². The van der Waals surface area contributed by atoms with Gasteiger partial charge in [-0.25, -0.2) is 0 Å². The molecule has 0 saturated carbocycles. The van der Waals surface area contributed by atoms with Crippen molar-refractivity contribution < 1.29 is 36.2 Å². The molecule has 0 radical (unpaired) electrons. The second kappa shape index (κ2) is 16.9. The van der Waals surface area contributed by atoms with Gasteiger partial charge in [0.05, 0.1) is 17.7 Å². The first-order valence-corrected chi connectivity index (χ1v) is 14.4. The predicted octanol–water partition coefficient (Wildman–Crippen LogP) is 8.64. The molecule has 4 nitrogen and oxygen atoms in total. The molecule has 0 aromatic heterocycles. The molecule has 2 atom stereocenters. The number of halogens is 6. The van der Waals surface area contributed by atoms with Crippen LogP contribution in [0.3, 0.4) is 0 Å². The lowest BCUT2D eigenvalue weighted by Crippen LogP contribution is -2.37. The van der Waals surface area contributed by atoms with Gasteiger partial charge in [-0.2, -0.15) is 26.3 Å². The quantitative estimate of drug-likeness (QED) is 0.342. The highest BCUT2D eigenvalue weighted by Gasteiger charge is 2.30. The summed E-state index contributed by atoms with van der Waals surface area (Å²) in [6.07, 6.45) is 3.01. The summed E-state index contributed by atoms with van der Waals surface area (Å²) in [6, 6.07) is 9.97. The fourth-order valence-electron chi connectivity index (χ4n) is 5.05. The van der Waals surface area contributed by atoms with Gasteiger partial charge in [0.25, 0.3) is 0 Å². The number of likely N-dealkylation sites (tertiary alicyclic amines) is 2. The van der Waals surface area contributed by atoms with Gasteiger partial charge >= 0.3 is 12.4 Å². The number of aromatic hydroxyl groups is 1. The number of ether oxygens (including phenoxy) is 1. The van der Waals surface area contributed by atoms with Crippen LogP contribution in [0.25, 0.3) is 0 Å². The van der Waals surface area contributed by atoms with E-state index in [1.165, 1.54) is 70.0 Å². The van der Waals surface area contributed by atoms with E-state index in [1.807, 2.05) is 0 Å². The molecule has 2 unspecified atom stereocenters. The zero-order valence-electron chi connectivity index (χ0n) is 24.3. The van der Waals surface area contributed by atoms with Gasteiger partial charge < -0.3 is 19.6 Å². The Balaban J connectivity index is 0.000000236. The van der Waals surface area contributed by atoms with Crippen LogP contribution in [0.15, 0.2) is 48.5 Å². The molecule has 2 aromatic carbocycles. The highest BCUT2D eigenvalue weighted by molar-refractivity contribution is 5.29. The molecule has 10 heteroatoms. The van der Waals surface area contributed by atoms with Crippen LogP contribution in [0.2, 0.25) is 0 Å². The molecule has 0 aliphatic carbocycles. The van der Waals surface area contributed by atoms with Crippen molar-refractivity contribution in [3.8, 4) is 11.5 Å². The van der Waals surface area contributed by atoms with Crippen LogP contribution >= 0.6 is 0 Å². The van der Waals surface area contributed by atoms with Crippen molar-refractivity contribution in [3.63, 3.8) is 0 Å². The Morgan fingerprint density at radius 3 is 1.56 bits per heavy atom. The molecule has 41 heavy (non-hydrogen) atoms. The van der Waals surface area contributed by atoms with Crippen molar-refractivity contribution in [2.24, 2.45) is 0 Å². The zero-order chi connectivity index (χ0) is 30.5. The van der Waals surface area contributed by atoms with Gasteiger partial charge in [-0.3, -0.25) is 0 Å². The van der Waals surface area contributed by atoms with Crippen LogP contribution in [0.5, 0.6) is 11.5 Å². The molecular weight excluding hydrogens is 546 g/mol. The predicted molar refractivity (Wildman–Crippen MR) is 150 cm³/mol. The molecule has 2 aromatic rings. The van der Waals surface area contributed by atoms with Gasteiger partial charge in [0.15, 0.2) is 0 Å². The number of phenolic OH excluding ortho intramolecular Hbond substituents is 1. The number of phenols is 1. The normalized spacial score (nSPS) is 20.3. The first-order chi connectivity index (χ1) is 19.3. The fourth-order valence-corrected chi connectivity index (χ4v) is 5.05. The number of hydrogen-bond donors (Lipinski definition) is 1. The third kappa shape index (κ3) is 12.9. The number of piperidine rings is 2. The fraction of sp³-hybridized carbons (Fsp3) is 0.613. The molecule has 0 amide bonds. The second-order valence-corrected chi connectivity index (χ2v) is 10.8. The van der Waals surface area contributed by atoms with E-state index in [4.69, 9.17) is 9.84 Å². The minimum absolute atomic E-state index is 0.169. The maximum Gasteiger partial charge on any atom is 0.416 e. The van der Waals surface area contributed by atoms with Crippen molar-refractivity contribution in [1.29, 1.82) is 0 Å². The van der Waals surface area contributed by atoms with Gasteiger partial charge in [0.1, 0.15) is 11.5 Å². The Morgan fingerprint density at radius 1 is 0.707 bits per heavy atom. The van der Waals surface area contributed by atoms with Gasteiger partial charge in [-0.15, -0.1) is 0 Å². The largest absolute Gasteiger partial charge is 0.508 e. The smallest absolute Gasteiger partial charge is 0.416 e. The monoisotopic (exact) mass is 590 g/mol. The molecule has 0 bridgehead atoms. The topological polar surface area (TPSA) is 35.9 Å². The molecule has 2 heterocycles. The Labute approximate surface area is 240 Å². The SMILES string of the molecule is CCCC1CCCCN1C.CN1CCCCC1CCOc1ccc(C(F)(F)F)cc1.Oc1ccc(C(F)(F)F)cc1. The minimum atomic E-state index is -4.33. The Morgan fingerprint density at radius 2 is 1.15 bits per heavy atom. The molecule has 2 aliphatic rings. The Kier molecular flexibility index (Phi) is 14.3. The average molecular weight is 591 g/mol. The lowest BCUT2D eigenvalue weighted by molar-refractivity contribution is -0.138. The standard InChI is InChI=1S/C15H20F3NO.C9H19N.C7H5F3O/c1-19-10-3-2-4-13(19)9-11-20-14-7-5-12(6-8-14)15(16,17)18;1-3-6-9-7-4-5-8-10(9)2;8-7(9,10)5-1-3-6(11)4-2-5/h5-8,13H,2-4,9-11H2,1H3;9H,3-8H2,1-2H3;1-4,11H. The van der Waals surface area contributed by atoms with Crippen LogP contribution < -0.4 is 4.74 Å². The summed E-state index contributed by atoms with van der Waals surface area (Å²) in [5, 5.41) is 8.66. The lowest BCUT2D eigenvalue weighted by atomic mass is 9.99. The van der Waals surface area contributed by atoms with Gasteiger partial charge in [0, 0.05) is 12.1 Å². The number of rotatable bonds is 6. The van der Waals surface area contributed by atoms with Crippen molar-refractivity contribution in [1.82, 2.24) is 9.80 Å². The lowest BCUT2D eigenvalue weighted by Gasteiger charge is -2.32. The summed E-state index contributed by atoms with van der Waals surface area (Å²) in [7, 11) is 4.38. The summed E-state index contributed by atoms with van der Waals surface area (Å²) in [5.41, 5.74) is -1.40. The molecular formula is C31H44F6N2O2. The van der Waals surface area contributed by atoms with Gasteiger partial charge in [0.2, 0.25) is 0 Å². The molecule has 2 saturated heterocycles. The number of alkyl halides is 6. The Hall–Kier alpha value is -2.46. The number of benzene rings is 2. The third-order valence-electron chi connectivity index (χ3n) is 7.56. The molecule has 2 fully saturated rings. The van der Waals surface area contributed by atoms with Crippen molar-refractivity contribution in [3.05, 3.63) is 59.7 Å². The average Bonchev–Trinajstić information content (AvgIpc) is 2.92. The molecule has 1 N–H and O–H groups in total. The number of hydrogen-bond acceptors (Lipinski definition) is 4. The van der Waals surface area contributed by atoms with E-state index < -0.39 is 23.5 Å². The third-order valence-corrected chi connectivity index (χ3v) is 7.56. The van der Waals surface area contributed by atoms with E-state index in [0.29, 0.717) is 18.4 Å².